The summed E-state index contributed by atoms with van der Waals surface area (Å²) in [7, 11) is 0. The van der Waals surface area contributed by atoms with Crippen molar-refractivity contribution >= 4 is 30.3 Å². The predicted octanol–water partition coefficient (Wildman–Crippen LogP) is 2.38. The number of benzene rings is 1. The van der Waals surface area contributed by atoms with Gasteiger partial charge in [-0.3, -0.25) is 14.5 Å². The van der Waals surface area contributed by atoms with Crippen molar-refractivity contribution in [3.8, 4) is 5.75 Å². The van der Waals surface area contributed by atoms with Gasteiger partial charge in [-0.1, -0.05) is 24.8 Å². The number of carbonyl (C=O) groups excluding carboxylic acids is 2. The van der Waals surface area contributed by atoms with Crippen molar-refractivity contribution < 1.29 is 41.1 Å². The SMILES string of the molecule is [2H]C([2H])(OP(=S)(NC(C)C(=O)OC(C)C)Oc1ccccc1)[C@H]1O[C@@H](N2C=CC(=C)CC2=O)[C@](C)(O)[C@@H]1O. The number of nitrogens with one attached hydrogen (secondary N) is 1. The molecule has 2 aliphatic rings. The first-order valence-electron chi connectivity index (χ1n) is 12.3. The normalized spacial score (nSPS) is 30.0. The Morgan fingerprint density at radius 2 is 2.08 bits per heavy atom. The van der Waals surface area contributed by atoms with E-state index in [1.807, 2.05) is 0 Å². The molecule has 1 saturated heterocycles. The van der Waals surface area contributed by atoms with Gasteiger partial charge >= 0.3 is 12.6 Å². The molecule has 0 aromatic heterocycles. The fourth-order valence-electron chi connectivity index (χ4n) is 3.50. The summed E-state index contributed by atoms with van der Waals surface area (Å²) in [4.78, 5) is 26.1. The number of hydrogen-bond acceptors (Lipinski definition) is 9. The maximum atomic E-state index is 12.6. The summed E-state index contributed by atoms with van der Waals surface area (Å²) >= 11 is 5.58. The molecule has 198 valence electrons. The minimum absolute atomic E-state index is 0.0312. The van der Waals surface area contributed by atoms with Gasteiger partial charge in [-0.15, -0.1) is 0 Å². The van der Waals surface area contributed by atoms with E-state index in [9.17, 15) is 19.8 Å². The summed E-state index contributed by atoms with van der Waals surface area (Å²) in [5.74, 6) is -0.869. The number of aliphatic hydroxyl groups is 2. The third kappa shape index (κ3) is 6.80. The van der Waals surface area contributed by atoms with E-state index in [1.54, 1.807) is 50.3 Å². The Balaban J connectivity index is 1.89. The summed E-state index contributed by atoms with van der Waals surface area (Å²) in [6.45, 7) is 3.03. The molecule has 0 saturated carbocycles. The van der Waals surface area contributed by atoms with Crippen LogP contribution in [0.5, 0.6) is 5.75 Å². The summed E-state index contributed by atoms with van der Waals surface area (Å²) in [6, 6.07) is 7.18. The van der Waals surface area contributed by atoms with Crippen LogP contribution < -0.4 is 9.61 Å². The van der Waals surface area contributed by atoms with Gasteiger partial charge in [0.05, 0.1) is 21.8 Å². The van der Waals surface area contributed by atoms with E-state index in [4.69, 9.17) is 33.1 Å². The number of esters is 1. The van der Waals surface area contributed by atoms with E-state index in [0.29, 0.717) is 5.57 Å². The van der Waals surface area contributed by atoms with Gasteiger partial charge in [0.2, 0.25) is 5.91 Å². The lowest BCUT2D eigenvalue weighted by Gasteiger charge is -2.35. The van der Waals surface area contributed by atoms with Crippen LogP contribution in [0, 0.1) is 0 Å². The number of rotatable bonds is 10. The van der Waals surface area contributed by atoms with Gasteiger partial charge in [0.15, 0.2) is 6.23 Å². The minimum Gasteiger partial charge on any atom is -0.462 e. The second kappa shape index (κ2) is 11.5. The van der Waals surface area contributed by atoms with Crippen LogP contribution in [0.3, 0.4) is 0 Å². The smallest absolute Gasteiger partial charge is 0.323 e. The lowest BCUT2D eigenvalue weighted by molar-refractivity contribution is -0.156. The number of carbonyl (C=O) groups is 2. The van der Waals surface area contributed by atoms with Crippen LogP contribution in [-0.2, 0) is 35.4 Å². The van der Waals surface area contributed by atoms with E-state index in [0.717, 1.165) is 4.90 Å². The fourth-order valence-corrected chi connectivity index (χ4v) is 5.73. The highest BCUT2D eigenvalue weighted by Gasteiger charge is 2.55. The first-order valence-corrected chi connectivity index (χ1v) is 14.0. The molecule has 12 heteroatoms. The van der Waals surface area contributed by atoms with Crippen molar-refractivity contribution in [2.75, 3.05) is 6.56 Å². The van der Waals surface area contributed by atoms with Gasteiger partial charge in [-0.2, -0.15) is 0 Å². The molecule has 36 heavy (non-hydrogen) atoms. The van der Waals surface area contributed by atoms with Crippen LogP contribution in [0.4, 0.5) is 0 Å². The lowest BCUT2D eigenvalue weighted by Crippen LogP contribution is -2.53. The van der Waals surface area contributed by atoms with Crippen LogP contribution in [0.25, 0.3) is 0 Å². The summed E-state index contributed by atoms with van der Waals surface area (Å²) in [6.07, 6.45) is -2.59. The minimum atomic E-state index is -3.88. The van der Waals surface area contributed by atoms with Gasteiger partial charge in [0.25, 0.3) is 0 Å². The van der Waals surface area contributed by atoms with E-state index in [-0.39, 0.29) is 12.2 Å². The molecule has 1 aromatic rings. The van der Waals surface area contributed by atoms with Crippen LogP contribution >= 0.6 is 6.64 Å². The van der Waals surface area contributed by atoms with Crippen LogP contribution in [0.1, 0.15) is 36.9 Å². The number of amides is 1. The maximum absolute atomic E-state index is 12.6. The van der Waals surface area contributed by atoms with E-state index >= 15 is 0 Å². The molecule has 6 atom stereocenters. The molecule has 3 N–H and O–H groups in total. The Hall–Kier alpha value is -2.11. The Morgan fingerprint density at radius 3 is 2.69 bits per heavy atom. The lowest BCUT2D eigenvalue weighted by atomic mass is 9.95. The number of aliphatic hydroxyl groups excluding tert-OH is 1. The second-order valence-electron chi connectivity index (χ2n) is 8.98. The summed E-state index contributed by atoms with van der Waals surface area (Å²) in [5.41, 5.74) is -1.53. The zero-order valence-corrected chi connectivity index (χ0v) is 22.2. The first-order chi connectivity index (χ1) is 17.6. The molecule has 1 amide bonds. The molecular formula is C24H33N2O8PS. The van der Waals surface area contributed by atoms with E-state index in [2.05, 4.69) is 11.7 Å². The highest BCUT2D eigenvalue weighted by molar-refractivity contribution is 8.09. The Labute approximate surface area is 218 Å². The zero-order valence-electron chi connectivity index (χ0n) is 22.5. The molecule has 10 nitrogen and oxygen atoms in total. The molecule has 1 fully saturated rings. The second-order valence-corrected chi connectivity index (χ2v) is 12.0. The standard InChI is InChI=1S/C24H33N2O8PS/c1-15(2)32-22(29)17(4)25-35(36,34-18-9-7-6-8-10-18)31-14-19-21(28)24(5,30)23(33-19)26-12-11-16(3)13-20(26)27/h6-12,15,17,19,21,23,28,30H,3,13-14H2,1-2,4-5H3,(H,25,36)/t17?,19-,21-,23-,24-,35?/m1/s1/i14D2. The monoisotopic (exact) mass is 542 g/mol. The topological polar surface area (TPSA) is 127 Å². The quantitative estimate of drug-likeness (QED) is 0.300. The summed E-state index contributed by atoms with van der Waals surface area (Å²) in [5, 5.41) is 24.7. The predicted molar refractivity (Wildman–Crippen MR) is 136 cm³/mol. The Kier molecular flexibility index (Phi) is 8.17. The number of ether oxygens (including phenoxy) is 2. The molecule has 2 heterocycles. The van der Waals surface area contributed by atoms with Crippen molar-refractivity contribution in [1.29, 1.82) is 0 Å². The molecule has 0 radical (unpaired) electrons. The highest BCUT2D eigenvalue weighted by Crippen LogP contribution is 2.46. The molecule has 1 aromatic carbocycles. The molecule has 2 aliphatic heterocycles. The molecule has 0 aliphatic carbocycles. The maximum Gasteiger partial charge on any atom is 0.323 e. The Morgan fingerprint density at radius 1 is 1.42 bits per heavy atom. The van der Waals surface area contributed by atoms with Gasteiger partial charge in [-0.05, 0) is 63.3 Å². The zero-order chi connectivity index (χ0) is 28.5. The Bertz CT molecular complexity index is 1130. The van der Waals surface area contributed by atoms with Crippen LogP contribution in [0.2, 0.25) is 0 Å². The van der Waals surface area contributed by atoms with Crippen LogP contribution in [-0.4, -0.2) is 69.7 Å². The van der Waals surface area contributed by atoms with Crippen molar-refractivity contribution in [2.24, 2.45) is 0 Å². The largest absolute Gasteiger partial charge is 0.462 e. The van der Waals surface area contributed by atoms with Gasteiger partial charge in [0, 0.05) is 6.20 Å². The number of allylic oxidation sites excluding steroid dienone is 1. The van der Waals surface area contributed by atoms with Crippen molar-refractivity contribution in [1.82, 2.24) is 9.99 Å². The number of nitrogens with zero attached hydrogens (tertiary/aromatic N) is 1. The average molecular weight is 543 g/mol. The molecule has 0 bridgehead atoms. The highest BCUT2D eigenvalue weighted by atomic mass is 32.5. The van der Waals surface area contributed by atoms with Gasteiger partial charge in [0.1, 0.15) is 29.6 Å². The van der Waals surface area contributed by atoms with Crippen molar-refractivity contribution in [3.63, 3.8) is 0 Å². The molecule has 0 spiro atoms. The van der Waals surface area contributed by atoms with Crippen molar-refractivity contribution in [2.45, 2.75) is 70.3 Å². The van der Waals surface area contributed by atoms with Gasteiger partial charge in [-0.25, -0.2) is 5.09 Å². The van der Waals surface area contributed by atoms with Crippen molar-refractivity contribution in [3.05, 3.63) is 54.8 Å². The number of para-hydroxylation sites is 1. The molecule has 2 unspecified atom stereocenters. The van der Waals surface area contributed by atoms with Gasteiger partial charge < -0.3 is 28.7 Å². The molecule has 3 rings (SSSR count). The summed E-state index contributed by atoms with van der Waals surface area (Å²) < 4.78 is 39.7. The average Bonchev–Trinajstić information content (AvgIpc) is 3.03. The first kappa shape index (κ1) is 25.5. The van der Waals surface area contributed by atoms with Crippen LogP contribution in [0.15, 0.2) is 54.8 Å². The fraction of sp³-hybridized carbons (Fsp3) is 0.500. The molecular weight excluding hydrogens is 507 g/mol. The number of hydrogen-bond donors (Lipinski definition) is 3. The third-order valence-corrected chi connectivity index (χ3v) is 7.63. The van der Waals surface area contributed by atoms with E-state index < -0.39 is 61.3 Å². The van der Waals surface area contributed by atoms with E-state index in [1.165, 1.54) is 20.0 Å². The third-order valence-electron chi connectivity index (χ3n) is 5.37.